The molecular formula is C13H18FN3O3. The fourth-order valence-electron chi connectivity index (χ4n) is 1.56. The highest BCUT2D eigenvalue weighted by molar-refractivity contribution is 5.85. The molecule has 1 aromatic rings. The van der Waals surface area contributed by atoms with Gasteiger partial charge >= 0.3 is 0 Å². The summed E-state index contributed by atoms with van der Waals surface area (Å²) >= 11 is 0. The monoisotopic (exact) mass is 283 g/mol. The van der Waals surface area contributed by atoms with Crippen LogP contribution in [-0.4, -0.2) is 22.4 Å². The minimum Gasteiger partial charge on any atom is -0.368 e. The molecular weight excluding hydrogens is 265 g/mol. The highest BCUT2D eigenvalue weighted by Gasteiger charge is 2.22. The van der Waals surface area contributed by atoms with Crippen molar-refractivity contribution in [3.8, 4) is 0 Å². The van der Waals surface area contributed by atoms with Crippen LogP contribution in [0, 0.1) is 15.9 Å². The maximum Gasteiger partial charge on any atom is 0.292 e. The summed E-state index contributed by atoms with van der Waals surface area (Å²) in [6.07, 6.45) is 0. The second-order valence-electron chi connectivity index (χ2n) is 5.52. The first-order valence-electron chi connectivity index (χ1n) is 6.12. The standard InChI is InChI=1S/C13H18FN3O3/c1-8(12(18)16-13(2,3)4)15-10-7-9(14)5-6-11(10)17(19)20/h5-8,15H,1-4H3,(H,16,18). The molecule has 20 heavy (non-hydrogen) atoms. The summed E-state index contributed by atoms with van der Waals surface area (Å²) in [7, 11) is 0. The van der Waals surface area contributed by atoms with E-state index in [0.717, 1.165) is 18.2 Å². The number of carbonyl (C=O) groups excluding carboxylic acids is 1. The molecule has 0 fully saturated rings. The summed E-state index contributed by atoms with van der Waals surface area (Å²) in [4.78, 5) is 22.1. The minimum absolute atomic E-state index is 0.0217. The van der Waals surface area contributed by atoms with Crippen LogP contribution in [0.2, 0.25) is 0 Å². The lowest BCUT2D eigenvalue weighted by atomic mass is 10.1. The number of carbonyl (C=O) groups is 1. The molecule has 110 valence electrons. The molecule has 1 amide bonds. The van der Waals surface area contributed by atoms with Crippen molar-refractivity contribution in [2.75, 3.05) is 5.32 Å². The van der Waals surface area contributed by atoms with E-state index in [4.69, 9.17) is 0 Å². The predicted molar refractivity (Wildman–Crippen MR) is 74.0 cm³/mol. The molecule has 0 bridgehead atoms. The lowest BCUT2D eigenvalue weighted by molar-refractivity contribution is -0.384. The van der Waals surface area contributed by atoms with E-state index in [1.54, 1.807) is 6.92 Å². The predicted octanol–water partition coefficient (Wildman–Crippen LogP) is 2.45. The smallest absolute Gasteiger partial charge is 0.292 e. The number of benzene rings is 1. The van der Waals surface area contributed by atoms with Crippen LogP contribution in [-0.2, 0) is 4.79 Å². The zero-order valence-electron chi connectivity index (χ0n) is 11.9. The van der Waals surface area contributed by atoms with Gasteiger partial charge in [0, 0.05) is 17.7 Å². The van der Waals surface area contributed by atoms with Crippen molar-refractivity contribution in [1.82, 2.24) is 5.32 Å². The molecule has 1 aromatic carbocycles. The Morgan fingerprint density at radius 1 is 1.40 bits per heavy atom. The highest BCUT2D eigenvalue weighted by atomic mass is 19.1. The first kappa shape index (κ1) is 15.9. The Hall–Kier alpha value is -2.18. The average Bonchev–Trinajstić information content (AvgIpc) is 2.26. The van der Waals surface area contributed by atoms with Crippen LogP contribution in [0.1, 0.15) is 27.7 Å². The van der Waals surface area contributed by atoms with E-state index in [0.29, 0.717) is 0 Å². The van der Waals surface area contributed by atoms with Gasteiger partial charge in [-0.25, -0.2) is 4.39 Å². The van der Waals surface area contributed by atoms with Crippen molar-refractivity contribution in [3.63, 3.8) is 0 Å². The number of nitro groups is 1. The Morgan fingerprint density at radius 3 is 2.50 bits per heavy atom. The first-order valence-corrected chi connectivity index (χ1v) is 6.12. The fourth-order valence-corrected chi connectivity index (χ4v) is 1.56. The Balaban J connectivity index is 2.90. The molecule has 0 heterocycles. The number of halogens is 1. The van der Waals surface area contributed by atoms with E-state index < -0.39 is 22.3 Å². The molecule has 0 saturated carbocycles. The number of nitrogens with one attached hydrogen (secondary N) is 2. The molecule has 0 radical (unpaired) electrons. The van der Waals surface area contributed by atoms with Crippen molar-refractivity contribution < 1.29 is 14.1 Å². The topological polar surface area (TPSA) is 84.3 Å². The molecule has 0 aliphatic rings. The van der Waals surface area contributed by atoms with Crippen LogP contribution in [0.5, 0.6) is 0 Å². The minimum atomic E-state index is -0.727. The van der Waals surface area contributed by atoms with Gasteiger partial charge in [0.2, 0.25) is 5.91 Å². The summed E-state index contributed by atoms with van der Waals surface area (Å²) < 4.78 is 13.2. The maximum absolute atomic E-state index is 13.2. The van der Waals surface area contributed by atoms with Crippen LogP contribution >= 0.6 is 0 Å². The number of anilines is 1. The largest absolute Gasteiger partial charge is 0.368 e. The van der Waals surface area contributed by atoms with Gasteiger partial charge in [0.1, 0.15) is 17.5 Å². The lowest BCUT2D eigenvalue weighted by Crippen LogP contribution is -2.47. The van der Waals surface area contributed by atoms with Crippen LogP contribution in [0.4, 0.5) is 15.8 Å². The van der Waals surface area contributed by atoms with E-state index in [1.165, 1.54) is 0 Å². The normalized spacial score (nSPS) is 12.7. The van der Waals surface area contributed by atoms with Crippen LogP contribution < -0.4 is 10.6 Å². The van der Waals surface area contributed by atoms with Gasteiger partial charge in [0.25, 0.3) is 5.69 Å². The van der Waals surface area contributed by atoms with E-state index in [-0.39, 0.29) is 17.3 Å². The summed E-state index contributed by atoms with van der Waals surface area (Å²) in [6, 6.07) is 2.34. The molecule has 0 aliphatic carbocycles. The van der Waals surface area contributed by atoms with Crippen molar-refractivity contribution in [2.24, 2.45) is 0 Å². The molecule has 0 spiro atoms. The van der Waals surface area contributed by atoms with Crippen molar-refractivity contribution in [2.45, 2.75) is 39.3 Å². The molecule has 2 N–H and O–H groups in total. The number of nitro benzene ring substituents is 1. The molecule has 1 atom stereocenters. The van der Waals surface area contributed by atoms with Crippen molar-refractivity contribution >= 4 is 17.3 Å². The SMILES string of the molecule is CC(Nc1cc(F)ccc1[N+](=O)[O-])C(=O)NC(C)(C)C. The second kappa shape index (κ2) is 5.85. The maximum atomic E-state index is 13.2. The van der Waals surface area contributed by atoms with Gasteiger partial charge in [-0.2, -0.15) is 0 Å². The molecule has 7 heteroatoms. The van der Waals surface area contributed by atoms with E-state index in [2.05, 4.69) is 10.6 Å². The average molecular weight is 283 g/mol. The third-order valence-electron chi connectivity index (χ3n) is 2.42. The van der Waals surface area contributed by atoms with Gasteiger partial charge in [0.05, 0.1) is 4.92 Å². The Labute approximate surface area is 116 Å². The number of nitrogens with zero attached hydrogens (tertiary/aromatic N) is 1. The summed E-state index contributed by atoms with van der Waals surface area (Å²) in [5, 5.41) is 16.3. The Morgan fingerprint density at radius 2 is 2.00 bits per heavy atom. The number of rotatable bonds is 4. The van der Waals surface area contributed by atoms with Crippen LogP contribution in [0.3, 0.4) is 0 Å². The summed E-state index contributed by atoms with van der Waals surface area (Å²) in [5.74, 6) is -0.933. The molecule has 1 unspecified atom stereocenters. The van der Waals surface area contributed by atoms with E-state index in [1.807, 2.05) is 20.8 Å². The van der Waals surface area contributed by atoms with E-state index in [9.17, 15) is 19.3 Å². The Kier molecular flexibility index (Phi) is 4.65. The second-order valence-corrected chi connectivity index (χ2v) is 5.52. The first-order chi connectivity index (χ1) is 9.10. The van der Waals surface area contributed by atoms with Crippen LogP contribution in [0.15, 0.2) is 18.2 Å². The highest BCUT2D eigenvalue weighted by Crippen LogP contribution is 2.25. The van der Waals surface area contributed by atoms with Gasteiger partial charge in [-0.1, -0.05) is 0 Å². The fraction of sp³-hybridized carbons (Fsp3) is 0.462. The molecule has 6 nitrogen and oxygen atoms in total. The zero-order valence-corrected chi connectivity index (χ0v) is 11.9. The summed E-state index contributed by atoms with van der Waals surface area (Å²) in [6.45, 7) is 7.02. The van der Waals surface area contributed by atoms with E-state index >= 15 is 0 Å². The van der Waals surface area contributed by atoms with Gasteiger partial charge in [-0.05, 0) is 33.8 Å². The quantitative estimate of drug-likeness (QED) is 0.656. The lowest BCUT2D eigenvalue weighted by Gasteiger charge is -2.24. The van der Waals surface area contributed by atoms with Gasteiger partial charge in [0.15, 0.2) is 0 Å². The number of amides is 1. The summed E-state index contributed by atoms with van der Waals surface area (Å²) in [5.41, 5.74) is -0.714. The van der Waals surface area contributed by atoms with Gasteiger partial charge < -0.3 is 10.6 Å². The molecule has 0 saturated heterocycles. The van der Waals surface area contributed by atoms with Crippen molar-refractivity contribution in [3.05, 3.63) is 34.1 Å². The zero-order chi connectivity index (χ0) is 15.5. The third kappa shape index (κ3) is 4.49. The molecule has 0 aliphatic heterocycles. The number of hydrogen-bond acceptors (Lipinski definition) is 4. The number of hydrogen-bond donors (Lipinski definition) is 2. The van der Waals surface area contributed by atoms with Gasteiger partial charge in [-0.3, -0.25) is 14.9 Å². The third-order valence-corrected chi connectivity index (χ3v) is 2.42. The van der Waals surface area contributed by atoms with Crippen molar-refractivity contribution in [1.29, 1.82) is 0 Å². The van der Waals surface area contributed by atoms with Gasteiger partial charge in [-0.15, -0.1) is 0 Å². The van der Waals surface area contributed by atoms with Crippen LogP contribution in [0.25, 0.3) is 0 Å². The Bertz CT molecular complexity index is 526. The molecule has 1 rings (SSSR count). The molecule has 0 aromatic heterocycles.